The van der Waals surface area contributed by atoms with Crippen molar-refractivity contribution < 1.29 is 9.84 Å². The first kappa shape index (κ1) is 8.53. The fourth-order valence-electron chi connectivity index (χ4n) is 1.54. The summed E-state index contributed by atoms with van der Waals surface area (Å²) in [5.74, 6) is 0.750. The molecule has 0 bridgehead atoms. The van der Waals surface area contributed by atoms with Gasteiger partial charge in [-0.1, -0.05) is 11.6 Å². The van der Waals surface area contributed by atoms with Gasteiger partial charge in [-0.05, 0) is 19.1 Å². The van der Waals surface area contributed by atoms with E-state index in [1.807, 2.05) is 25.1 Å². The highest BCUT2D eigenvalue weighted by molar-refractivity contribution is 5.40. The third-order valence-electron chi connectivity index (χ3n) is 2.32. The molecular weight excluding hydrogens is 166 g/mol. The summed E-state index contributed by atoms with van der Waals surface area (Å²) in [5, 5.41) is 9.75. The Balaban J connectivity index is 2.45. The smallest absolute Gasteiger partial charge is 0.125 e. The molecule has 3 heteroatoms. The van der Waals surface area contributed by atoms with Crippen LogP contribution in [0.2, 0.25) is 0 Å². The van der Waals surface area contributed by atoms with Crippen LogP contribution in [0, 0.1) is 6.92 Å². The lowest BCUT2D eigenvalue weighted by Crippen LogP contribution is -2.38. The van der Waals surface area contributed by atoms with Crippen molar-refractivity contribution in [3.63, 3.8) is 0 Å². The molecule has 0 saturated heterocycles. The van der Waals surface area contributed by atoms with E-state index >= 15 is 0 Å². The molecule has 1 unspecified atom stereocenters. The molecule has 0 aromatic heterocycles. The maximum Gasteiger partial charge on any atom is 0.125 e. The van der Waals surface area contributed by atoms with Gasteiger partial charge in [-0.15, -0.1) is 0 Å². The number of nitrogens with two attached hydrogens (primary N) is 1. The lowest BCUT2D eigenvalue weighted by Gasteiger charge is -2.27. The molecule has 3 nitrogen and oxygen atoms in total. The third kappa shape index (κ3) is 1.41. The predicted molar refractivity (Wildman–Crippen MR) is 49.6 cm³/mol. The van der Waals surface area contributed by atoms with Crippen LogP contribution < -0.4 is 10.5 Å². The van der Waals surface area contributed by atoms with E-state index < -0.39 is 6.10 Å². The summed E-state index contributed by atoms with van der Waals surface area (Å²) >= 11 is 0. The van der Waals surface area contributed by atoms with Crippen molar-refractivity contribution in [1.29, 1.82) is 0 Å². The minimum atomic E-state index is -0.594. The molecule has 1 aliphatic rings. The van der Waals surface area contributed by atoms with E-state index in [-0.39, 0.29) is 6.04 Å². The van der Waals surface area contributed by atoms with Gasteiger partial charge in [0.15, 0.2) is 0 Å². The first-order valence-corrected chi connectivity index (χ1v) is 4.35. The Bertz CT molecular complexity index is 325. The third-order valence-corrected chi connectivity index (χ3v) is 2.32. The standard InChI is InChI=1S/C10H13NO2/c1-6-2-3-9-7(4-6)10(12)8(11)5-13-9/h2-4,8,10,12H,5,11H2,1H3/t8-,10?/m0/s1. The molecule has 0 fully saturated rings. The van der Waals surface area contributed by atoms with E-state index in [9.17, 15) is 5.11 Å². The van der Waals surface area contributed by atoms with Crippen LogP contribution in [-0.4, -0.2) is 17.8 Å². The van der Waals surface area contributed by atoms with Crippen LogP contribution in [-0.2, 0) is 0 Å². The predicted octanol–water partition coefficient (Wildman–Crippen LogP) is 0.748. The van der Waals surface area contributed by atoms with Crippen LogP contribution in [0.3, 0.4) is 0 Å². The average molecular weight is 179 g/mol. The molecule has 0 saturated carbocycles. The van der Waals surface area contributed by atoms with E-state index in [0.29, 0.717) is 6.61 Å². The second-order valence-corrected chi connectivity index (χ2v) is 3.46. The molecule has 0 amide bonds. The van der Waals surface area contributed by atoms with Gasteiger partial charge < -0.3 is 15.6 Å². The number of ether oxygens (including phenoxy) is 1. The summed E-state index contributed by atoms with van der Waals surface area (Å²) in [4.78, 5) is 0. The van der Waals surface area contributed by atoms with Crippen molar-refractivity contribution in [1.82, 2.24) is 0 Å². The molecule has 0 aliphatic carbocycles. The Hall–Kier alpha value is -1.06. The van der Waals surface area contributed by atoms with Crippen molar-refractivity contribution in [3.8, 4) is 5.75 Å². The molecule has 2 rings (SSSR count). The summed E-state index contributed by atoms with van der Waals surface area (Å²) < 4.78 is 5.38. The number of benzene rings is 1. The van der Waals surface area contributed by atoms with Gasteiger partial charge in [0, 0.05) is 5.56 Å². The van der Waals surface area contributed by atoms with Crippen molar-refractivity contribution >= 4 is 0 Å². The van der Waals surface area contributed by atoms with Gasteiger partial charge in [0.25, 0.3) is 0 Å². The van der Waals surface area contributed by atoms with Crippen LogP contribution in [0.25, 0.3) is 0 Å². The van der Waals surface area contributed by atoms with Crippen LogP contribution >= 0.6 is 0 Å². The normalized spacial score (nSPS) is 26.4. The summed E-state index contributed by atoms with van der Waals surface area (Å²) in [5.41, 5.74) is 7.58. The van der Waals surface area contributed by atoms with Crippen molar-refractivity contribution in [2.45, 2.75) is 19.1 Å². The Kier molecular flexibility index (Phi) is 1.98. The number of aryl methyl sites for hydroxylation is 1. The average Bonchev–Trinajstić information content (AvgIpc) is 2.12. The Morgan fingerprint density at radius 2 is 2.31 bits per heavy atom. The molecule has 0 spiro atoms. The second-order valence-electron chi connectivity index (χ2n) is 3.46. The molecule has 3 N–H and O–H groups in total. The topological polar surface area (TPSA) is 55.5 Å². The highest BCUT2D eigenvalue weighted by Crippen LogP contribution is 2.31. The highest BCUT2D eigenvalue weighted by atomic mass is 16.5. The Morgan fingerprint density at radius 3 is 3.08 bits per heavy atom. The maximum atomic E-state index is 9.75. The van der Waals surface area contributed by atoms with Gasteiger partial charge in [-0.25, -0.2) is 0 Å². The zero-order valence-corrected chi connectivity index (χ0v) is 7.53. The zero-order chi connectivity index (χ0) is 9.42. The van der Waals surface area contributed by atoms with Crippen LogP contribution in [0.1, 0.15) is 17.2 Å². The van der Waals surface area contributed by atoms with Crippen LogP contribution in [0.5, 0.6) is 5.75 Å². The van der Waals surface area contributed by atoms with Crippen molar-refractivity contribution in [2.24, 2.45) is 5.73 Å². The van der Waals surface area contributed by atoms with Gasteiger partial charge in [-0.2, -0.15) is 0 Å². The number of rotatable bonds is 0. The van der Waals surface area contributed by atoms with Crippen molar-refractivity contribution in [3.05, 3.63) is 29.3 Å². The molecule has 1 heterocycles. The van der Waals surface area contributed by atoms with Gasteiger partial charge in [0.2, 0.25) is 0 Å². The zero-order valence-electron chi connectivity index (χ0n) is 7.53. The minimum Gasteiger partial charge on any atom is -0.491 e. The molecule has 1 aromatic carbocycles. The largest absolute Gasteiger partial charge is 0.491 e. The molecule has 1 aromatic rings. The lowest BCUT2D eigenvalue weighted by molar-refractivity contribution is 0.0915. The van der Waals surface area contributed by atoms with E-state index in [1.165, 1.54) is 0 Å². The minimum absolute atomic E-state index is 0.311. The molecule has 70 valence electrons. The number of hydrogen-bond donors (Lipinski definition) is 2. The molecule has 0 radical (unpaired) electrons. The van der Waals surface area contributed by atoms with Crippen LogP contribution in [0.15, 0.2) is 18.2 Å². The summed E-state index contributed by atoms with van der Waals surface area (Å²) in [6.07, 6.45) is -0.594. The van der Waals surface area contributed by atoms with Crippen LogP contribution in [0.4, 0.5) is 0 Å². The lowest BCUT2D eigenvalue weighted by atomic mass is 9.98. The van der Waals surface area contributed by atoms with Gasteiger partial charge in [0.1, 0.15) is 18.5 Å². The fraction of sp³-hybridized carbons (Fsp3) is 0.400. The number of fused-ring (bicyclic) bond motifs is 1. The second kappa shape index (κ2) is 3.01. The highest BCUT2D eigenvalue weighted by Gasteiger charge is 2.26. The molecule has 13 heavy (non-hydrogen) atoms. The maximum absolute atomic E-state index is 9.75. The van der Waals surface area contributed by atoms with Crippen molar-refractivity contribution in [2.75, 3.05) is 6.61 Å². The van der Waals surface area contributed by atoms with E-state index in [2.05, 4.69) is 0 Å². The monoisotopic (exact) mass is 179 g/mol. The Labute approximate surface area is 77.1 Å². The molecular formula is C10H13NO2. The van der Waals surface area contributed by atoms with Gasteiger partial charge >= 0.3 is 0 Å². The summed E-state index contributed by atoms with van der Waals surface area (Å²) in [6, 6.07) is 5.44. The molecule has 2 atom stereocenters. The number of aliphatic hydroxyl groups excluding tert-OH is 1. The first-order valence-electron chi connectivity index (χ1n) is 4.35. The number of aliphatic hydroxyl groups is 1. The fourth-order valence-corrected chi connectivity index (χ4v) is 1.54. The number of hydrogen-bond acceptors (Lipinski definition) is 3. The summed E-state index contributed by atoms with van der Waals surface area (Å²) in [7, 11) is 0. The van der Waals surface area contributed by atoms with Gasteiger partial charge in [-0.3, -0.25) is 0 Å². The van der Waals surface area contributed by atoms with Gasteiger partial charge in [0.05, 0.1) is 6.04 Å². The summed E-state index contributed by atoms with van der Waals surface area (Å²) in [6.45, 7) is 2.37. The first-order chi connectivity index (χ1) is 6.18. The van der Waals surface area contributed by atoms with E-state index in [4.69, 9.17) is 10.5 Å². The Morgan fingerprint density at radius 1 is 1.54 bits per heavy atom. The SMILES string of the molecule is Cc1ccc2c(c1)C(O)[C@@H](N)CO2. The van der Waals surface area contributed by atoms with E-state index in [1.54, 1.807) is 0 Å². The molecule has 1 aliphatic heterocycles. The van der Waals surface area contributed by atoms with E-state index in [0.717, 1.165) is 16.9 Å². The quantitative estimate of drug-likeness (QED) is 0.618.